The van der Waals surface area contributed by atoms with Gasteiger partial charge in [0.1, 0.15) is 0 Å². The number of allylic oxidation sites excluding steroid dienone is 3. The first-order valence-electron chi connectivity index (χ1n) is 13.6. The minimum Gasteiger partial charge on any atom is -0.478 e. The molecule has 0 radical (unpaired) electrons. The first-order valence-corrected chi connectivity index (χ1v) is 13.6. The lowest BCUT2D eigenvalue weighted by Gasteiger charge is -2.62. The summed E-state index contributed by atoms with van der Waals surface area (Å²) in [7, 11) is 0. The number of carboxylic acids is 1. The standard InChI is InChI=1S/C30H48O3/c1-19(9-8-10-20(2)26(32)33)21-13-17-30(7)23-11-12-24-27(3,4)25(31)15-16-28(24,5)22(23)14-18-29(21,30)6/h10,19,21,24-25,31H,8-9,11-18H2,1-7H3,(H,32,33)/b20-10-/t19?,21-,24?,25-,28+,29-,30+/m0/s1. The number of carbonyl (C=O) groups is 1. The van der Waals surface area contributed by atoms with Crippen molar-refractivity contribution in [3.63, 3.8) is 0 Å². The van der Waals surface area contributed by atoms with E-state index in [0.29, 0.717) is 34.2 Å². The smallest absolute Gasteiger partial charge is 0.330 e. The second-order valence-electron chi connectivity index (χ2n) is 13.5. The Morgan fingerprint density at radius 2 is 1.73 bits per heavy atom. The zero-order valence-electron chi connectivity index (χ0n) is 22.3. The average molecular weight is 457 g/mol. The van der Waals surface area contributed by atoms with Gasteiger partial charge < -0.3 is 10.2 Å². The van der Waals surface area contributed by atoms with Crippen molar-refractivity contribution in [2.45, 2.75) is 119 Å². The van der Waals surface area contributed by atoms with Gasteiger partial charge >= 0.3 is 5.97 Å². The van der Waals surface area contributed by atoms with Crippen LogP contribution in [0.1, 0.15) is 113 Å². The molecule has 0 saturated heterocycles. The monoisotopic (exact) mass is 456 g/mol. The molecular formula is C30H48O3. The largest absolute Gasteiger partial charge is 0.478 e. The van der Waals surface area contributed by atoms with Gasteiger partial charge in [-0.1, -0.05) is 58.8 Å². The van der Waals surface area contributed by atoms with Gasteiger partial charge in [-0.2, -0.15) is 0 Å². The van der Waals surface area contributed by atoms with Crippen LogP contribution in [0.3, 0.4) is 0 Å². The van der Waals surface area contributed by atoms with Crippen LogP contribution in [0.4, 0.5) is 0 Å². The molecule has 4 aliphatic rings. The summed E-state index contributed by atoms with van der Waals surface area (Å²) in [6.45, 7) is 16.5. The van der Waals surface area contributed by atoms with Crippen LogP contribution in [0.25, 0.3) is 0 Å². The fraction of sp³-hybridized carbons (Fsp3) is 0.833. The van der Waals surface area contributed by atoms with Crippen molar-refractivity contribution in [3.8, 4) is 0 Å². The Morgan fingerprint density at radius 1 is 1.03 bits per heavy atom. The molecule has 3 nitrogen and oxygen atoms in total. The molecule has 0 aromatic heterocycles. The second-order valence-corrected chi connectivity index (χ2v) is 13.5. The molecule has 33 heavy (non-hydrogen) atoms. The Labute approximate surface area is 202 Å². The predicted molar refractivity (Wildman–Crippen MR) is 135 cm³/mol. The van der Waals surface area contributed by atoms with Crippen LogP contribution in [0.15, 0.2) is 22.8 Å². The summed E-state index contributed by atoms with van der Waals surface area (Å²) in [5.74, 6) is 1.12. The third-order valence-electron chi connectivity index (χ3n) is 11.9. The van der Waals surface area contributed by atoms with Gasteiger partial charge in [-0.05, 0) is 111 Å². The molecule has 2 N–H and O–H groups in total. The maximum absolute atomic E-state index is 11.1. The molecule has 0 aromatic rings. The highest BCUT2D eigenvalue weighted by molar-refractivity contribution is 5.85. The van der Waals surface area contributed by atoms with Gasteiger partial charge in [0.15, 0.2) is 0 Å². The summed E-state index contributed by atoms with van der Waals surface area (Å²) < 4.78 is 0. The number of aliphatic hydroxyl groups excluding tert-OH is 1. The maximum Gasteiger partial charge on any atom is 0.330 e. The van der Waals surface area contributed by atoms with E-state index in [4.69, 9.17) is 5.11 Å². The van der Waals surface area contributed by atoms with Crippen LogP contribution >= 0.6 is 0 Å². The molecule has 0 bridgehead atoms. The average Bonchev–Trinajstić information content (AvgIpc) is 3.02. The lowest BCUT2D eigenvalue weighted by atomic mass is 9.43. The highest BCUT2D eigenvalue weighted by Gasteiger charge is 2.63. The number of rotatable bonds is 5. The highest BCUT2D eigenvalue weighted by Crippen LogP contribution is 2.72. The lowest BCUT2D eigenvalue weighted by Crippen LogP contribution is -2.55. The molecule has 0 heterocycles. The first kappa shape index (κ1) is 25.0. The van der Waals surface area contributed by atoms with E-state index in [2.05, 4.69) is 41.5 Å². The quantitative estimate of drug-likeness (QED) is 0.332. The molecule has 0 amide bonds. The van der Waals surface area contributed by atoms with Crippen molar-refractivity contribution in [1.82, 2.24) is 0 Å². The van der Waals surface area contributed by atoms with Crippen molar-refractivity contribution >= 4 is 5.97 Å². The molecule has 0 spiro atoms. The van der Waals surface area contributed by atoms with Crippen molar-refractivity contribution in [2.75, 3.05) is 0 Å². The molecular weight excluding hydrogens is 408 g/mol. The normalized spacial score (nSPS) is 43.5. The Kier molecular flexibility index (Phi) is 6.25. The van der Waals surface area contributed by atoms with E-state index in [1.54, 1.807) is 18.1 Å². The van der Waals surface area contributed by atoms with E-state index in [1.807, 2.05) is 6.08 Å². The zero-order valence-corrected chi connectivity index (χ0v) is 22.3. The number of carboxylic acid groups (broad SMARTS) is 1. The minimum atomic E-state index is -0.794. The summed E-state index contributed by atoms with van der Waals surface area (Å²) in [4.78, 5) is 11.1. The third kappa shape index (κ3) is 3.58. The van der Waals surface area contributed by atoms with Gasteiger partial charge in [-0.3, -0.25) is 0 Å². The molecule has 2 unspecified atom stereocenters. The van der Waals surface area contributed by atoms with Crippen LogP contribution in [-0.4, -0.2) is 22.3 Å². The Hall–Kier alpha value is -1.09. The zero-order chi connectivity index (χ0) is 24.4. The van der Waals surface area contributed by atoms with E-state index in [-0.39, 0.29) is 16.9 Å². The Morgan fingerprint density at radius 3 is 2.39 bits per heavy atom. The third-order valence-corrected chi connectivity index (χ3v) is 11.9. The summed E-state index contributed by atoms with van der Waals surface area (Å²) >= 11 is 0. The fourth-order valence-electron chi connectivity index (χ4n) is 9.48. The van der Waals surface area contributed by atoms with E-state index in [9.17, 15) is 9.90 Å². The SMILES string of the molecule is C/C(=C/CCC(C)[C@@H]1CC[C@]2(C)C3=C(CC[C@@]12C)[C@@]1(C)CC[C@H](O)C(C)(C)C1CC3)C(=O)O. The van der Waals surface area contributed by atoms with Crippen molar-refractivity contribution in [2.24, 2.45) is 39.4 Å². The highest BCUT2D eigenvalue weighted by atomic mass is 16.4. The van der Waals surface area contributed by atoms with Crippen LogP contribution in [-0.2, 0) is 4.79 Å². The van der Waals surface area contributed by atoms with Gasteiger partial charge in [0, 0.05) is 5.57 Å². The molecule has 0 aromatic carbocycles. The summed E-state index contributed by atoms with van der Waals surface area (Å²) in [6.07, 6.45) is 13.3. The molecule has 7 atom stereocenters. The Bertz CT molecular complexity index is 866. The van der Waals surface area contributed by atoms with Crippen molar-refractivity contribution in [1.29, 1.82) is 0 Å². The molecule has 2 saturated carbocycles. The van der Waals surface area contributed by atoms with Crippen LogP contribution in [0.2, 0.25) is 0 Å². The Balaban J connectivity index is 1.60. The minimum absolute atomic E-state index is 0.00150. The summed E-state index contributed by atoms with van der Waals surface area (Å²) in [5, 5.41) is 20.0. The number of hydrogen-bond acceptors (Lipinski definition) is 2. The van der Waals surface area contributed by atoms with Crippen molar-refractivity contribution < 1.29 is 15.0 Å². The van der Waals surface area contributed by atoms with Crippen LogP contribution < -0.4 is 0 Å². The molecule has 186 valence electrons. The summed E-state index contributed by atoms with van der Waals surface area (Å²) in [5.41, 5.74) is 4.95. The maximum atomic E-state index is 11.1. The molecule has 4 aliphatic carbocycles. The molecule has 2 fully saturated rings. The van der Waals surface area contributed by atoms with Gasteiger partial charge in [-0.25, -0.2) is 4.79 Å². The second kappa shape index (κ2) is 8.25. The van der Waals surface area contributed by atoms with E-state index >= 15 is 0 Å². The predicted octanol–water partition coefficient (Wildman–Crippen LogP) is 7.54. The van der Waals surface area contributed by atoms with Crippen molar-refractivity contribution in [3.05, 3.63) is 22.8 Å². The fourth-order valence-corrected chi connectivity index (χ4v) is 9.48. The summed E-state index contributed by atoms with van der Waals surface area (Å²) in [6, 6.07) is 0. The molecule has 3 heteroatoms. The number of aliphatic hydroxyl groups is 1. The lowest BCUT2D eigenvalue weighted by molar-refractivity contribution is -0.132. The van der Waals surface area contributed by atoms with Gasteiger partial charge in [0.2, 0.25) is 0 Å². The topological polar surface area (TPSA) is 57.5 Å². The van der Waals surface area contributed by atoms with E-state index in [0.717, 1.165) is 25.7 Å². The first-order chi connectivity index (χ1) is 15.3. The van der Waals surface area contributed by atoms with Gasteiger partial charge in [0.25, 0.3) is 0 Å². The molecule has 4 rings (SSSR count). The number of hydrogen-bond donors (Lipinski definition) is 2. The number of aliphatic carboxylic acids is 1. The van der Waals surface area contributed by atoms with Crippen LogP contribution in [0, 0.1) is 39.4 Å². The van der Waals surface area contributed by atoms with E-state index < -0.39 is 5.97 Å². The van der Waals surface area contributed by atoms with Crippen LogP contribution in [0.5, 0.6) is 0 Å². The number of fused-ring (bicyclic) bond motifs is 4. The van der Waals surface area contributed by atoms with Gasteiger partial charge in [0.05, 0.1) is 6.10 Å². The van der Waals surface area contributed by atoms with E-state index in [1.165, 1.54) is 38.5 Å². The molecule has 0 aliphatic heterocycles. The van der Waals surface area contributed by atoms with Gasteiger partial charge in [-0.15, -0.1) is 0 Å².